The van der Waals surface area contributed by atoms with Crippen molar-refractivity contribution in [2.45, 2.75) is 32.2 Å². The van der Waals surface area contributed by atoms with Crippen molar-refractivity contribution in [2.24, 2.45) is 0 Å². The summed E-state index contributed by atoms with van der Waals surface area (Å²) in [6.07, 6.45) is 4.94. The van der Waals surface area contributed by atoms with Gasteiger partial charge in [-0.1, -0.05) is 19.8 Å². The molecular weight excluding hydrogens is 130 g/mol. The van der Waals surface area contributed by atoms with Crippen LogP contribution in [0.1, 0.15) is 26.2 Å². The summed E-state index contributed by atoms with van der Waals surface area (Å²) in [5, 5.41) is 2.36. The number of hydrogen-bond donors (Lipinski definition) is 1. The first-order chi connectivity index (χ1) is 4.85. The third kappa shape index (κ3) is 4.06. The van der Waals surface area contributed by atoms with Gasteiger partial charge in [0, 0.05) is 0 Å². The molecule has 0 heterocycles. The van der Waals surface area contributed by atoms with Crippen molar-refractivity contribution in [2.75, 3.05) is 0 Å². The fourth-order valence-corrected chi connectivity index (χ4v) is 0.667. The highest BCUT2D eigenvalue weighted by molar-refractivity contribution is 5.63. The Hall–Kier alpha value is -0.860. The highest BCUT2D eigenvalue weighted by atomic mass is 16.1. The van der Waals surface area contributed by atoms with Crippen LogP contribution in [0.5, 0.6) is 0 Å². The lowest BCUT2D eigenvalue weighted by molar-refractivity contribution is -0.109. The lowest BCUT2D eigenvalue weighted by atomic mass is 10.1. The van der Waals surface area contributed by atoms with Crippen molar-refractivity contribution >= 4 is 12.7 Å². The Morgan fingerprint density at radius 2 is 2.40 bits per heavy atom. The molecule has 0 aromatic rings. The molecule has 0 saturated carbocycles. The van der Waals surface area contributed by atoms with Gasteiger partial charge >= 0.3 is 0 Å². The van der Waals surface area contributed by atoms with Gasteiger partial charge in [-0.2, -0.15) is 0 Å². The molecule has 0 aromatic heterocycles. The minimum Gasteiger partial charge on any atom is -0.348 e. The topological polar surface area (TPSA) is 46.2 Å². The van der Waals surface area contributed by atoms with Crippen molar-refractivity contribution in [1.29, 1.82) is 0 Å². The molecule has 0 unspecified atom stereocenters. The highest BCUT2D eigenvalue weighted by Crippen LogP contribution is 1.96. The first kappa shape index (κ1) is 9.14. The van der Waals surface area contributed by atoms with E-state index in [1.165, 1.54) is 0 Å². The Balaban J connectivity index is 3.38. The van der Waals surface area contributed by atoms with Crippen LogP contribution in [0.2, 0.25) is 0 Å². The van der Waals surface area contributed by atoms with Crippen LogP contribution in [0.3, 0.4) is 0 Å². The fourth-order valence-electron chi connectivity index (χ4n) is 0.667. The SMILES string of the molecule is CCCC[C@@H]([C]=O)NC=O. The normalized spacial score (nSPS) is 12.1. The molecule has 0 aliphatic carbocycles. The lowest BCUT2D eigenvalue weighted by Gasteiger charge is -2.04. The number of amides is 1. The Morgan fingerprint density at radius 3 is 2.80 bits per heavy atom. The van der Waals surface area contributed by atoms with Gasteiger partial charge in [-0.15, -0.1) is 0 Å². The van der Waals surface area contributed by atoms with Gasteiger partial charge in [-0.25, -0.2) is 0 Å². The van der Waals surface area contributed by atoms with E-state index in [0.717, 1.165) is 12.8 Å². The van der Waals surface area contributed by atoms with Crippen LogP contribution in [0.25, 0.3) is 0 Å². The summed E-state index contributed by atoms with van der Waals surface area (Å²) in [6.45, 7) is 2.03. The third-order valence-electron chi connectivity index (χ3n) is 1.26. The molecule has 57 valence electrons. The van der Waals surface area contributed by atoms with Crippen LogP contribution in [-0.2, 0) is 9.59 Å². The molecule has 3 nitrogen and oxygen atoms in total. The number of carbonyl (C=O) groups excluding carboxylic acids is 2. The van der Waals surface area contributed by atoms with E-state index in [9.17, 15) is 9.59 Å². The maximum atomic E-state index is 10.1. The van der Waals surface area contributed by atoms with Gasteiger partial charge in [0.25, 0.3) is 0 Å². The van der Waals surface area contributed by atoms with Crippen LogP contribution in [0.15, 0.2) is 0 Å². The summed E-state index contributed by atoms with van der Waals surface area (Å²) >= 11 is 0. The van der Waals surface area contributed by atoms with E-state index in [1.807, 2.05) is 6.92 Å². The number of carbonyl (C=O) groups is 1. The van der Waals surface area contributed by atoms with Crippen molar-refractivity contribution in [3.63, 3.8) is 0 Å². The smallest absolute Gasteiger partial charge is 0.222 e. The first-order valence-corrected chi connectivity index (χ1v) is 3.42. The quantitative estimate of drug-likeness (QED) is 0.546. The van der Waals surface area contributed by atoms with E-state index in [0.29, 0.717) is 12.8 Å². The zero-order valence-corrected chi connectivity index (χ0v) is 6.09. The van der Waals surface area contributed by atoms with Gasteiger partial charge in [0.2, 0.25) is 12.7 Å². The number of hydrogen-bond acceptors (Lipinski definition) is 2. The van der Waals surface area contributed by atoms with E-state index in [-0.39, 0.29) is 0 Å². The minimum absolute atomic E-state index is 0.405. The second-order valence-electron chi connectivity index (χ2n) is 2.10. The molecule has 1 atom stereocenters. The van der Waals surface area contributed by atoms with Crippen LogP contribution in [0, 0.1) is 0 Å². The van der Waals surface area contributed by atoms with E-state index in [1.54, 1.807) is 6.29 Å². The van der Waals surface area contributed by atoms with Crippen LogP contribution in [-0.4, -0.2) is 18.7 Å². The largest absolute Gasteiger partial charge is 0.348 e. The molecule has 0 rings (SSSR count). The zero-order valence-electron chi connectivity index (χ0n) is 6.09. The van der Waals surface area contributed by atoms with E-state index >= 15 is 0 Å². The summed E-state index contributed by atoms with van der Waals surface area (Å²) in [6, 6.07) is -0.405. The Kier molecular flexibility index (Phi) is 5.72. The average Bonchev–Trinajstić information content (AvgIpc) is 1.98. The molecule has 0 fully saturated rings. The van der Waals surface area contributed by atoms with Crippen molar-refractivity contribution in [3.8, 4) is 0 Å². The Labute approximate surface area is 60.8 Å². The fraction of sp³-hybridized carbons (Fsp3) is 0.714. The predicted molar refractivity (Wildman–Crippen MR) is 38.2 cm³/mol. The number of unbranched alkanes of at least 4 members (excludes halogenated alkanes) is 1. The van der Waals surface area contributed by atoms with E-state index in [2.05, 4.69) is 5.32 Å². The molecule has 1 N–H and O–H groups in total. The molecular formula is C7H12NO2. The standard InChI is InChI=1S/C7H12NO2/c1-2-3-4-7(5-9)8-6-10/h6-7H,2-4H2,1H3,(H,8,10)/t7-/m0/s1. The molecule has 0 saturated heterocycles. The summed E-state index contributed by atoms with van der Waals surface area (Å²) in [5.74, 6) is 0. The molecule has 0 spiro atoms. The Morgan fingerprint density at radius 1 is 1.70 bits per heavy atom. The van der Waals surface area contributed by atoms with Gasteiger partial charge in [0.05, 0.1) is 6.04 Å². The summed E-state index contributed by atoms with van der Waals surface area (Å²) in [7, 11) is 0. The second-order valence-corrected chi connectivity index (χ2v) is 2.10. The number of nitrogens with one attached hydrogen (secondary N) is 1. The average molecular weight is 142 g/mol. The third-order valence-corrected chi connectivity index (χ3v) is 1.26. The molecule has 0 aliphatic heterocycles. The van der Waals surface area contributed by atoms with E-state index < -0.39 is 6.04 Å². The minimum atomic E-state index is -0.405. The summed E-state index contributed by atoms with van der Waals surface area (Å²) in [5.41, 5.74) is 0. The maximum Gasteiger partial charge on any atom is 0.222 e. The maximum absolute atomic E-state index is 10.1. The van der Waals surface area contributed by atoms with Gasteiger partial charge < -0.3 is 5.32 Å². The van der Waals surface area contributed by atoms with Crippen LogP contribution >= 0.6 is 0 Å². The van der Waals surface area contributed by atoms with Gasteiger partial charge in [-0.05, 0) is 6.42 Å². The van der Waals surface area contributed by atoms with Crippen LogP contribution < -0.4 is 5.32 Å². The summed E-state index contributed by atoms with van der Waals surface area (Å²) < 4.78 is 0. The predicted octanol–water partition coefficient (Wildman–Crippen LogP) is 0.401. The molecule has 1 radical (unpaired) electrons. The van der Waals surface area contributed by atoms with Gasteiger partial charge in [-0.3, -0.25) is 9.59 Å². The monoisotopic (exact) mass is 142 g/mol. The second kappa shape index (κ2) is 6.26. The van der Waals surface area contributed by atoms with Gasteiger partial charge in [0.15, 0.2) is 0 Å². The van der Waals surface area contributed by atoms with Crippen molar-refractivity contribution < 1.29 is 9.59 Å². The number of rotatable bonds is 6. The molecule has 10 heavy (non-hydrogen) atoms. The molecule has 3 heteroatoms. The summed E-state index contributed by atoms with van der Waals surface area (Å²) in [4.78, 5) is 19.9. The van der Waals surface area contributed by atoms with Crippen molar-refractivity contribution in [3.05, 3.63) is 0 Å². The van der Waals surface area contributed by atoms with Crippen LogP contribution in [0.4, 0.5) is 0 Å². The Bertz CT molecular complexity index is 104. The molecule has 0 aliphatic rings. The first-order valence-electron chi connectivity index (χ1n) is 3.42. The van der Waals surface area contributed by atoms with E-state index in [4.69, 9.17) is 0 Å². The highest BCUT2D eigenvalue weighted by Gasteiger charge is 2.03. The zero-order chi connectivity index (χ0) is 7.82. The molecule has 0 bridgehead atoms. The molecule has 0 aromatic carbocycles. The van der Waals surface area contributed by atoms with Gasteiger partial charge in [0.1, 0.15) is 0 Å². The lowest BCUT2D eigenvalue weighted by Crippen LogP contribution is -2.28. The van der Waals surface area contributed by atoms with Crippen molar-refractivity contribution in [1.82, 2.24) is 5.32 Å². The molecule has 1 amide bonds.